The highest BCUT2D eigenvalue weighted by Crippen LogP contribution is 2.08. The summed E-state index contributed by atoms with van der Waals surface area (Å²) < 4.78 is 4.86. The summed E-state index contributed by atoms with van der Waals surface area (Å²) in [6.45, 7) is 0. The second-order valence-corrected chi connectivity index (χ2v) is 5.88. The second kappa shape index (κ2) is 10.4. The van der Waals surface area contributed by atoms with Crippen LogP contribution in [0.15, 0.2) is 60.7 Å². The van der Waals surface area contributed by atoms with Crippen molar-refractivity contribution in [2.75, 3.05) is 0 Å². The molecule has 0 radical (unpaired) electrons. The molecule has 0 saturated heterocycles. The fourth-order valence-electron chi connectivity index (χ4n) is 2.55. The molecule has 0 fully saturated rings. The number of esters is 2. The molecule has 0 aliphatic rings. The zero-order chi connectivity index (χ0) is 17.0. The minimum Gasteiger partial charge on any atom is -0.393 e. The first kappa shape index (κ1) is 17.9. The summed E-state index contributed by atoms with van der Waals surface area (Å²) in [6.07, 6.45) is 4.71. The van der Waals surface area contributed by atoms with Crippen LogP contribution in [-0.2, 0) is 27.2 Å². The molecule has 0 unspecified atom stereocenters. The Hall–Kier alpha value is -2.42. The molecule has 0 aromatic heterocycles. The van der Waals surface area contributed by atoms with Crippen molar-refractivity contribution in [2.45, 2.75) is 44.9 Å². The van der Waals surface area contributed by atoms with Crippen LogP contribution in [0.3, 0.4) is 0 Å². The molecule has 0 bridgehead atoms. The van der Waals surface area contributed by atoms with Gasteiger partial charge in [0, 0.05) is 12.8 Å². The monoisotopic (exact) mass is 324 g/mol. The topological polar surface area (TPSA) is 43.4 Å². The van der Waals surface area contributed by atoms with Crippen LogP contribution in [0.25, 0.3) is 0 Å². The van der Waals surface area contributed by atoms with Gasteiger partial charge in [-0.1, -0.05) is 60.7 Å². The molecule has 2 rings (SSSR count). The Morgan fingerprint density at radius 3 is 1.62 bits per heavy atom. The molecule has 0 heterocycles. The fourth-order valence-corrected chi connectivity index (χ4v) is 2.55. The molecule has 0 amide bonds. The van der Waals surface area contributed by atoms with Gasteiger partial charge in [0.15, 0.2) is 0 Å². The Bertz CT molecular complexity index is 620. The summed E-state index contributed by atoms with van der Waals surface area (Å²) in [5.41, 5.74) is 2.46. The molecule has 0 N–H and O–H groups in total. The van der Waals surface area contributed by atoms with Crippen LogP contribution in [0.1, 0.15) is 43.2 Å². The van der Waals surface area contributed by atoms with Gasteiger partial charge in [0.2, 0.25) is 0 Å². The summed E-state index contributed by atoms with van der Waals surface area (Å²) in [4.78, 5) is 23.3. The number of carbonyl (C=O) groups is 2. The van der Waals surface area contributed by atoms with Gasteiger partial charge in [-0.3, -0.25) is 9.59 Å². The molecule has 2 aromatic rings. The van der Waals surface area contributed by atoms with E-state index < -0.39 is 11.9 Å². The third-order valence-corrected chi connectivity index (χ3v) is 3.86. The number of ether oxygens (including phenoxy) is 1. The van der Waals surface area contributed by atoms with Crippen molar-refractivity contribution in [1.82, 2.24) is 0 Å². The predicted molar refractivity (Wildman–Crippen MR) is 94.5 cm³/mol. The maximum atomic E-state index is 11.7. The third kappa shape index (κ3) is 7.23. The average molecular weight is 324 g/mol. The fraction of sp³-hybridized carbons (Fsp3) is 0.333. The van der Waals surface area contributed by atoms with Gasteiger partial charge in [0.05, 0.1) is 0 Å². The Labute approximate surface area is 143 Å². The maximum Gasteiger partial charge on any atom is 0.313 e. The molecule has 24 heavy (non-hydrogen) atoms. The number of rotatable bonds is 9. The number of benzene rings is 2. The third-order valence-electron chi connectivity index (χ3n) is 3.86. The van der Waals surface area contributed by atoms with Crippen LogP contribution in [-0.4, -0.2) is 11.9 Å². The molecule has 0 aliphatic carbocycles. The first-order valence-corrected chi connectivity index (χ1v) is 8.55. The van der Waals surface area contributed by atoms with Gasteiger partial charge in [-0.25, -0.2) is 0 Å². The molecule has 0 spiro atoms. The normalized spacial score (nSPS) is 10.3. The van der Waals surface area contributed by atoms with Gasteiger partial charge in [-0.05, 0) is 43.2 Å². The van der Waals surface area contributed by atoms with Crippen molar-refractivity contribution in [2.24, 2.45) is 0 Å². The van der Waals surface area contributed by atoms with Gasteiger partial charge in [0.1, 0.15) is 0 Å². The van der Waals surface area contributed by atoms with Crippen molar-refractivity contribution >= 4 is 11.9 Å². The lowest BCUT2D eigenvalue weighted by Gasteiger charge is -2.04. The number of hydrogen-bond acceptors (Lipinski definition) is 3. The molecule has 126 valence electrons. The van der Waals surface area contributed by atoms with Gasteiger partial charge in [0.25, 0.3) is 0 Å². The highest BCUT2D eigenvalue weighted by molar-refractivity contribution is 5.85. The van der Waals surface area contributed by atoms with E-state index in [9.17, 15) is 9.59 Å². The van der Waals surface area contributed by atoms with E-state index >= 15 is 0 Å². The molecule has 3 nitrogen and oxygen atoms in total. The van der Waals surface area contributed by atoms with Gasteiger partial charge < -0.3 is 4.74 Å². The summed E-state index contributed by atoms with van der Waals surface area (Å²) >= 11 is 0. The summed E-state index contributed by atoms with van der Waals surface area (Å²) in [6, 6.07) is 20.2. The summed E-state index contributed by atoms with van der Waals surface area (Å²) in [5, 5.41) is 0. The minimum atomic E-state index is -0.418. The molecule has 0 saturated carbocycles. The number of hydrogen-bond donors (Lipinski definition) is 0. The summed E-state index contributed by atoms with van der Waals surface area (Å²) in [7, 11) is 0. The van der Waals surface area contributed by atoms with E-state index in [1.807, 2.05) is 48.5 Å². The Morgan fingerprint density at radius 2 is 1.08 bits per heavy atom. The summed E-state index contributed by atoms with van der Waals surface area (Å²) in [5.74, 6) is -0.827. The number of unbranched alkanes of at least 4 members (excludes halogenated alkanes) is 1. The molecule has 2 aromatic carbocycles. The van der Waals surface area contributed by atoms with E-state index in [2.05, 4.69) is 12.1 Å². The van der Waals surface area contributed by atoms with E-state index in [1.165, 1.54) is 11.1 Å². The van der Waals surface area contributed by atoms with E-state index in [-0.39, 0.29) is 6.42 Å². The molecular weight excluding hydrogens is 300 g/mol. The Kier molecular flexibility index (Phi) is 7.75. The lowest BCUT2D eigenvalue weighted by molar-refractivity contribution is -0.159. The van der Waals surface area contributed by atoms with Gasteiger partial charge in [-0.2, -0.15) is 0 Å². The van der Waals surface area contributed by atoms with Crippen LogP contribution in [0, 0.1) is 0 Å². The van der Waals surface area contributed by atoms with E-state index in [0.29, 0.717) is 12.8 Å². The highest BCUT2D eigenvalue weighted by Gasteiger charge is 2.10. The van der Waals surface area contributed by atoms with Crippen LogP contribution < -0.4 is 0 Å². The first-order valence-electron chi connectivity index (χ1n) is 8.55. The molecule has 0 aliphatic heterocycles. The first-order chi connectivity index (χ1) is 11.7. The smallest absolute Gasteiger partial charge is 0.313 e. The van der Waals surface area contributed by atoms with Crippen molar-refractivity contribution in [1.29, 1.82) is 0 Å². The predicted octanol–water partition coefficient (Wildman–Crippen LogP) is 4.49. The van der Waals surface area contributed by atoms with Crippen molar-refractivity contribution in [3.8, 4) is 0 Å². The van der Waals surface area contributed by atoms with E-state index in [0.717, 1.165) is 25.7 Å². The Balaban J connectivity index is 1.54. The standard InChI is InChI=1S/C21H24O3/c22-20(16-8-7-14-18-10-3-1-4-11-18)24-21(23)17-9-15-19-12-5-2-6-13-19/h1-6,10-13H,7-9,14-17H2. The SMILES string of the molecule is O=C(CCCCc1ccccc1)OC(=O)CCCc1ccccc1. The number of aryl methyl sites for hydroxylation is 2. The molecule has 0 atom stereocenters. The van der Waals surface area contributed by atoms with Gasteiger partial charge >= 0.3 is 11.9 Å². The van der Waals surface area contributed by atoms with Crippen molar-refractivity contribution < 1.29 is 14.3 Å². The van der Waals surface area contributed by atoms with Crippen molar-refractivity contribution in [3.63, 3.8) is 0 Å². The van der Waals surface area contributed by atoms with E-state index in [1.54, 1.807) is 0 Å². The van der Waals surface area contributed by atoms with Gasteiger partial charge in [-0.15, -0.1) is 0 Å². The maximum absolute atomic E-state index is 11.7. The number of carbonyl (C=O) groups excluding carboxylic acids is 2. The van der Waals surface area contributed by atoms with Crippen LogP contribution >= 0.6 is 0 Å². The quantitative estimate of drug-likeness (QED) is 0.388. The van der Waals surface area contributed by atoms with Crippen molar-refractivity contribution in [3.05, 3.63) is 71.8 Å². The minimum absolute atomic E-state index is 0.282. The van der Waals surface area contributed by atoms with Crippen LogP contribution in [0.4, 0.5) is 0 Å². The zero-order valence-electron chi connectivity index (χ0n) is 13.9. The lowest BCUT2D eigenvalue weighted by Crippen LogP contribution is -2.12. The van der Waals surface area contributed by atoms with Crippen LogP contribution in [0.2, 0.25) is 0 Å². The lowest BCUT2D eigenvalue weighted by atomic mass is 10.1. The zero-order valence-corrected chi connectivity index (χ0v) is 13.9. The molecular formula is C21H24O3. The largest absolute Gasteiger partial charge is 0.393 e. The van der Waals surface area contributed by atoms with E-state index in [4.69, 9.17) is 4.74 Å². The average Bonchev–Trinajstić information content (AvgIpc) is 2.60. The molecule has 3 heteroatoms. The highest BCUT2D eigenvalue weighted by atomic mass is 16.6. The second-order valence-electron chi connectivity index (χ2n) is 5.88. The Morgan fingerprint density at radius 1 is 0.625 bits per heavy atom. The van der Waals surface area contributed by atoms with Crippen LogP contribution in [0.5, 0.6) is 0 Å².